The Balaban J connectivity index is 1.96. The number of nitrogens with zero attached hydrogens (tertiary/aromatic N) is 1. The van der Waals surface area contributed by atoms with E-state index < -0.39 is 10.0 Å². The Labute approximate surface area is 119 Å². The van der Waals surface area contributed by atoms with Gasteiger partial charge in [-0.05, 0) is 35.6 Å². The second kappa shape index (κ2) is 5.11. The molecule has 2 N–H and O–H groups in total. The lowest BCUT2D eigenvalue weighted by atomic mass is 10.0. The minimum absolute atomic E-state index is 0.118. The standard InChI is InChI=1S/C14H20N2O3S/c1-10-4-5-16(14(10)9-17)20(18,19)13-3-2-11-7-15-8-12(11)6-13/h2-3,6,10,14-15,17H,4-5,7-9H2,1H3. The number of hydrogen-bond donors (Lipinski definition) is 2. The molecule has 20 heavy (non-hydrogen) atoms. The molecule has 2 aliphatic heterocycles. The molecule has 5 nitrogen and oxygen atoms in total. The first-order chi connectivity index (χ1) is 9.54. The van der Waals surface area contributed by atoms with Gasteiger partial charge in [0.25, 0.3) is 0 Å². The molecule has 0 bridgehead atoms. The van der Waals surface area contributed by atoms with Crippen molar-refractivity contribution in [2.24, 2.45) is 5.92 Å². The molecule has 110 valence electrons. The highest BCUT2D eigenvalue weighted by molar-refractivity contribution is 7.89. The number of hydrogen-bond acceptors (Lipinski definition) is 4. The molecule has 3 rings (SSSR count). The molecule has 0 spiro atoms. The van der Waals surface area contributed by atoms with E-state index in [0.717, 1.165) is 30.6 Å². The first-order valence-corrected chi connectivity index (χ1v) is 8.43. The SMILES string of the molecule is CC1CCN(S(=O)(=O)c2ccc3c(c2)CNC3)C1CO. The van der Waals surface area contributed by atoms with Crippen LogP contribution < -0.4 is 5.32 Å². The zero-order valence-electron chi connectivity index (χ0n) is 11.5. The summed E-state index contributed by atoms with van der Waals surface area (Å²) in [5.41, 5.74) is 2.22. The van der Waals surface area contributed by atoms with E-state index in [9.17, 15) is 13.5 Å². The fourth-order valence-electron chi connectivity index (χ4n) is 3.11. The van der Waals surface area contributed by atoms with Crippen molar-refractivity contribution in [1.82, 2.24) is 9.62 Å². The van der Waals surface area contributed by atoms with E-state index in [-0.39, 0.29) is 18.6 Å². The van der Waals surface area contributed by atoms with Crippen LogP contribution in [0, 0.1) is 5.92 Å². The molecule has 1 aromatic rings. The first kappa shape index (κ1) is 14.0. The van der Waals surface area contributed by atoms with Crippen LogP contribution in [0.15, 0.2) is 23.1 Å². The zero-order chi connectivity index (χ0) is 14.3. The van der Waals surface area contributed by atoms with E-state index in [1.807, 2.05) is 13.0 Å². The molecule has 1 fully saturated rings. The Morgan fingerprint density at radius 2 is 2.10 bits per heavy atom. The number of benzene rings is 1. The molecular formula is C14H20N2O3S. The average Bonchev–Trinajstić information content (AvgIpc) is 3.03. The van der Waals surface area contributed by atoms with Crippen LogP contribution in [0.3, 0.4) is 0 Å². The molecule has 0 saturated carbocycles. The highest BCUT2D eigenvalue weighted by Gasteiger charge is 2.39. The molecule has 2 heterocycles. The summed E-state index contributed by atoms with van der Waals surface area (Å²) in [6.45, 7) is 3.88. The van der Waals surface area contributed by atoms with Crippen molar-refractivity contribution >= 4 is 10.0 Å². The number of fused-ring (bicyclic) bond motifs is 1. The van der Waals surface area contributed by atoms with Gasteiger partial charge in [-0.2, -0.15) is 4.31 Å². The van der Waals surface area contributed by atoms with Crippen molar-refractivity contribution in [3.8, 4) is 0 Å². The Hall–Kier alpha value is -0.950. The van der Waals surface area contributed by atoms with Crippen LogP contribution in [0.2, 0.25) is 0 Å². The van der Waals surface area contributed by atoms with E-state index in [4.69, 9.17) is 0 Å². The van der Waals surface area contributed by atoms with Gasteiger partial charge in [0.15, 0.2) is 0 Å². The second-order valence-corrected chi connectivity index (χ2v) is 7.56. The summed E-state index contributed by atoms with van der Waals surface area (Å²) in [4.78, 5) is 0.340. The van der Waals surface area contributed by atoms with Crippen molar-refractivity contribution in [3.63, 3.8) is 0 Å². The number of aliphatic hydroxyl groups is 1. The predicted molar refractivity (Wildman–Crippen MR) is 75.5 cm³/mol. The molecule has 2 atom stereocenters. The predicted octanol–water partition coefficient (Wildman–Crippen LogP) is 0.681. The van der Waals surface area contributed by atoms with Crippen molar-refractivity contribution in [2.45, 2.75) is 37.4 Å². The number of rotatable bonds is 3. The van der Waals surface area contributed by atoms with E-state index in [0.29, 0.717) is 11.4 Å². The Kier molecular flexibility index (Phi) is 3.58. The van der Waals surface area contributed by atoms with Gasteiger partial charge in [0, 0.05) is 19.6 Å². The molecule has 6 heteroatoms. The van der Waals surface area contributed by atoms with Crippen LogP contribution >= 0.6 is 0 Å². The Morgan fingerprint density at radius 3 is 2.85 bits per heavy atom. The highest BCUT2D eigenvalue weighted by Crippen LogP contribution is 2.31. The fourth-order valence-corrected chi connectivity index (χ4v) is 4.89. The van der Waals surface area contributed by atoms with Crippen molar-refractivity contribution in [3.05, 3.63) is 29.3 Å². The quantitative estimate of drug-likeness (QED) is 0.860. The summed E-state index contributed by atoms with van der Waals surface area (Å²) >= 11 is 0. The lowest BCUT2D eigenvalue weighted by Crippen LogP contribution is -2.39. The number of aliphatic hydroxyl groups excluding tert-OH is 1. The maximum absolute atomic E-state index is 12.7. The maximum atomic E-state index is 12.7. The molecule has 1 aromatic carbocycles. The first-order valence-electron chi connectivity index (χ1n) is 6.99. The van der Waals surface area contributed by atoms with Gasteiger partial charge < -0.3 is 10.4 Å². The normalized spacial score (nSPS) is 26.9. The molecule has 0 aliphatic carbocycles. The lowest BCUT2D eigenvalue weighted by Gasteiger charge is -2.24. The highest BCUT2D eigenvalue weighted by atomic mass is 32.2. The average molecular weight is 296 g/mol. The lowest BCUT2D eigenvalue weighted by molar-refractivity contribution is 0.191. The topological polar surface area (TPSA) is 69.6 Å². The Morgan fingerprint density at radius 1 is 1.35 bits per heavy atom. The van der Waals surface area contributed by atoms with Gasteiger partial charge >= 0.3 is 0 Å². The number of sulfonamides is 1. The summed E-state index contributed by atoms with van der Waals surface area (Å²) in [6, 6.07) is 5.03. The number of nitrogens with one attached hydrogen (secondary N) is 1. The third-order valence-electron chi connectivity index (χ3n) is 4.43. The third kappa shape index (κ3) is 2.16. The fraction of sp³-hybridized carbons (Fsp3) is 0.571. The van der Waals surface area contributed by atoms with Crippen molar-refractivity contribution in [2.75, 3.05) is 13.2 Å². The van der Waals surface area contributed by atoms with Gasteiger partial charge in [0.05, 0.1) is 17.5 Å². The zero-order valence-corrected chi connectivity index (χ0v) is 12.4. The van der Waals surface area contributed by atoms with Gasteiger partial charge in [-0.1, -0.05) is 13.0 Å². The summed E-state index contributed by atoms with van der Waals surface area (Å²) in [6.07, 6.45) is 0.803. The largest absolute Gasteiger partial charge is 0.395 e. The van der Waals surface area contributed by atoms with Crippen LogP contribution in [0.5, 0.6) is 0 Å². The molecule has 2 unspecified atom stereocenters. The van der Waals surface area contributed by atoms with Crippen LogP contribution in [-0.2, 0) is 23.1 Å². The molecule has 2 aliphatic rings. The second-order valence-electron chi connectivity index (χ2n) is 5.67. The van der Waals surface area contributed by atoms with Gasteiger partial charge in [-0.15, -0.1) is 0 Å². The van der Waals surface area contributed by atoms with Crippen molar-refractivity contribution in [1.29, 1.82) is 0 Å². The van der Waals surface area contributed by atoms with Gasteiger partial charge in [0.1, 0.15) is 0 Å². The molecule has 0 aromatic heterocycles. The van der Waals surface area contributed by atoms with Crippen LogP contribution in [0.4, 0.5) is 0 Å². The minimum Gasteiger partial charge on any atom is -0.395 e. The monoisotopic (exact) mass is 296 g/mol. The van der Waals surface area contributed by atoms with E-state index in [2.05, 4.69) is 5.32 Å². The molecule has 1 saturated heterocycles. The van der Waals surface area contributed by atoms with Gasteiger partial charge in [0.2, 0.25) is 10.0 Å². The molecule has 0 amide bonds. The van der Waals surface area contributed by atoms with Gasteiger partial charge in [-0.25, -0.2) is 8.42 Å². The third-order valence-corrected chi connectivity index (χ3v) is 6.35. The van der Waals surface area contributed by atoms with Gasteiger partial charge in [-0.3, -0.25) is 0 Å². The summed E-state index contributed by atoms with van der Waals surface area (Å²) < 4.78 is 26.9. The molecular weight excluding hydrogens is 276 g/mol. The van der Waals surface area contributed by atoms with E-state index >= 15 is 0 Å². The van der Waals surface area contributed by atoms with Crippen LogP contribution in [-0.4, -0.2) is 37.0 Å². The summed E-state index contributed by atoms with van der Waals surface area (Å²) in [5, 5.41) is 12.7. The minimum atomic E-state index is -3.51. The smallest absolute Gasteiger partial charge is 0.243 e. The van der Waals surface area contributed by atoms with E-state index in [1.54, 1.807) is 12.1 Å². The van der Waals surface area contributed by atoms with E-state index in [1.165, 1.54) is 4.31 Å². The maximum Gasteiger partial charge on any atom is 0.243 e. The van der Waals surface area contributed by atoms with Crippen LogP contribution in [0.1, 0.15) is 24.5 Å². The van der Waals surface area contributed by atoms with Crippen molar-refractivity contribution < 1.29 is 13.5 Å². The molecule has 0 radical (unpaired) electrons. The van der Waals surface area contributed by atoms with Crippen LogP contribution in [0.25, 0.3) is 0 Å². The summed E-state index contributed by atoms with van der Waals surface area (Å²) in [5.74, 6) is 0.200. The Bertz CT molecular complexity index is 615. The summed E-state index contributed by atoms with van der Waals surface area (Å²) in [7, 11) is -3.51.